The van der Waals surface area contributed by atoms with Gasteiger partial charge in [0.05, 0.1) is 61.3 Å². The zero-order valence-electron chi connectivity index (χ0n) is 24.2. The van der Waals surface area contributed by atoms with Crippen LogP contribution in [0.1, 0.15) is 37.6 Å². The highest BCUT2D eigenvalue weighted by atomic mass is 32.2. The maximum atomic E-state index is 16.0. The first-order valence-electron chi connectivity index (χ1n) is 13.5. The fourth-order valence-corrected chi connectivity index (χ4v) is 6.76. The van der Waals surface area contributed by atoms with Crippen molar-refractivity contribution >= 4 is 22.7 Å². The molecule has 2 aromatic heterocycles. The van der Waals surface area contributed by atoms with Crippen molar-refractivity contribution in [3.05, 3.63) is 58.9 Å². The second kappa shape index (κ2) is 11.0. The first-order valence-corrected chi connectivity index (χ1v) is 14.6. The quantitative estimate of drug-likeness (QED) is 0.428. The molecule has 0 bridgehead atoms. The standard InChI is InChI=1S/C29H36F2N4O5S/c1-18-7-8-35-23(14-20-15-34(9-10-40-20)27(36)38-6)26(32-24(35)11-18)25-21(30)12-19(13-22(25)31)29(16-39-17-29)33(5)41(37)28(2,3)4/h7-8,11-13,20H,9-10,14-17H2,1-6H3/t20-,41?/m0/s1. The van der Waals surface area contributed by atoms with Gasteiger partial charge in [0.15, 0.2) is 0 Å². The van der Waals surface area contributed by atoms with Gasteiger partial charge in [-0.2, -0.15) is 0 Å². The second-order valence-corrected chi connectivity index (χ2v) is 13.9. The number of imidazole rings is 1. The summed E-state index contributed by atoms with van der Waals surface area (Å²) in [7, 11) is 1.58. The Kier molecular flexibility index (Phi) is 7.97. The van der Waals surface area contributed by atoms with Crippen molar-refractivity contribution in [2.75, 3.05) is 47.1 Å². The fourth-order valence-electron chi connectivity index (χ4n) is 5.41. The minimum atomic E-state index is -1.44. The van der Waals surface area contributed by atoms with Gasteiger partial charge in [-0.05, 0) is 63.1 Å². The molecule has 2 saturated heterocycles. The van der Waals surface area contributed by atoms with Crippen LogP contribution in [0.5, 0.6) is 0 Å². The number of carbonyl (C=O) groups excluding carboxylic acids is 1. The molecule has 1 amide bonds. The first-order chi connectivity index (χ1) is 19.4. The summed E-state index contributed by atoms with van der Waals surface area (Å²) in [5.74, 6) is -1.55. The highest BCUT2D eigenvalue weighted by Crippen LogP contribution is 2.41. The van der Waals surface area contributed by atoms with Gasteiger partial charge in [0, 0.05) is 26.2 Å². The van der Waals surface area contributed by atoms with Gasteiger partial charge in [0.1, 0.15) is 33.8 Å². The number of rotatable bonds is 6. The Hall–Kier alpha value is -2.93. The number of ether oxygens (including phenoxy) is 3. The number of pyridine rings is 1. The molecule has 2 aliphatic rings. The van der Waals surface area contributed by atoms with Crippen LogP contribution in [0.3, 0.4) is 0 Å². The largest absolute Gasteiger partial charge is 0.453 e. The molecule has 1 unspecified atom stereocenters. The van der Waals surface area contributed by atoms with E-state index in [1.54, 1.807) is 20.7 Å². The van der Waals surface area contributed by atoms with Crippen molar-refractivity contribution < 1.29 is 32.0 Å². The average Bonchev–Trinajstić information content (AvgIpc) is 3.22. The van der Waals surface area contributed by atoms with Crippen LogP contribution in [0, 0.1) is 18.6 Å². The maximum Gasteiger partial charge on any atom is 0.409 e. The molecule has 5 rings (SSSR count). The number of likely N-dealkylation sites (N-methyl/N-ethyl adjacent to an activating group) is 1. The Balaban J connectivity index is 1.56. The molecule has 222 valence electrons. The molecule has 0 radical (unpaired) electrons. The average molecular weight is 591 g/mol. The number of aryl methyl sites for hydroxylation is 1. The zero-order valence-corrected chi connectivity index (χ0v) is 25.0. The molecule has 0 saturated carbocycles. The molecular weight excluding hydrogens is 554 g/mol. The molecule has 12 heteroatoms. The highest BCUT2D eigenvalue weighted by Gasteiger charge is 2.49. The summed E-state index contributed by atoms with van der Waals surface area (Å²) in [6.45, 7) is 8.79. The SMILES string of the molecule is COC(=O)N1CCO[C@@H](Cc2c(-c3c(F)cc(C4(N(C)S(=O)C(C)(C)C)COC4)cc3F)nc3cc(C)ccn23)C1. The smallest absolute Gasteiger partial charge is 0.409 e. The lowest BCUT2D eigenvalue weighted by Crippen LogP contribution is -2.60. The van der Waals surface area contributed by atoms with E-state index in [1.807, 2.05) is 46.0 Å². The molecule has 0 N–H and O–H groups in total. The van der Waals surface area contributed by atoms with E-state index in [2.05, 4.69) is 4.98 Å². The lowest BCUT2D eigenvalue weighted by molar-refractivity contribution is -0.109. The van der Waals surface area contributed by atoms with E-state index < -0.39 is 45.1 Å². The van der Waals surface area contributed by atoms with Gasteiger partial charge >= 0.3 is 6.09 Å². The Morgan fingerprint density at radius 1 is 1.24 bits per heavy atom. The zero-order chi connectivity index (χ0) is 29.7. The first kappa shape index (κ1) is 29.6. The van der Waals surface area contributed by atoms with Gasteiger partial charge in [-0.15, -0.1) is 0 Å². The lowest BCUT2D eigenvalue weighted by atomic mass is 9.86. The lowest BCUT2D eigenvalue weighted by Gasteiger charge is -2.49. The van der Waals surface area contributed by atoms with Crippen LogP contribution in [0.25, 0.3) is 16.9 Å². The van der Waals surface area contributed by atoms with Gasteiger partial charge in [-0.3, -0.25) is 0 Å². The topological polar surface area (TPSA) is 85.6 Å². The van der Waals surface area contributed by atoms with E-state index >= 15 is 8.78 Å². The molecule has 0 aliphatic carbocycles. The normalized spacial score (nSPS) is 19.8. The molecule has 2 aliphatic heterocycles. The molecule has 2 atom stereocenters. The Morgan fingerprint density at radius 2 is 1.93 bits per heavy atom. The van der Waals surface area contributed by atoms with Crippen LogP contribution < -0.4 is 0 Å². The molecule has 2 fully saturated rings. The summed E-state index contributed by atoms with van der Waals surface area (Å²) >= 11 is 0. The van der Waals surface area contributed by atoms with Crippen LogP contribution in [0.4, 0.5) is 13.6 Å². The van der Waals surface area contributed by atoms with Crippen LogP contribution >= 0.6 is 0 Å². The number of aromatic nitrogens is 2. The molecule has 0 spiro atoms. The third-order valence-electron chi connectivity index (χ3n) is 7.75. The van der Waals surface area contributed by atoms with Gasteiger partial charge in [-0.1, -0.05) is 0 Å². The number of halogens is 2. The monoisotopic (exact) mass is 590 g/mol. The highest BCUT2D eigenvalue weighted by molar-refractivity contribution is 7.84. The Bertz CT molecular complexity index is 1480. The summed E-state index contributed by atoms with van der Waals surface area (Å²) in [6, 6.07) is 6.34. The number of amides is 1. The van der Waals surface area contributed by atoms with E-state index in [0.29, 0.717) is 30.1 Å². The molecule has 4 heterocycles. The number of methoxy groups -OCH3 is 1. The van der Waals surface area contributed by atoms with Crippen molar-refractivity contribution in [1.82, 2.24) is 18.6 Å². The van der Waals surface area contributed by atoms with E-state index in [-0.39, 0.29) is 37.4 Å². The number of carbonyl (C=O) groups is 1. The van der Waals surface area contributed by atoms with E-state index in [9.17, 15) is 9.00 Å². The number of morpholine rings is 1. The van der Waals surface area contributed by atoms with Crippen LogP contribution in [-0.4, -0.2) is 86.8 Å². The Morgan fingerprint density at radius 3 is 2.51 bits per heavy atom. The summed E-state index contributed by atoms with van der Waals surface area (Å²) in [5.41, 5.74) is 1.40. The van der Waals surface area contributed by atoms with Gasteiger partial charge < -0.3 is 23.5 Å². The molecule has 9 nitrogen and oxygen atoms in total. The second-order valence-electron chi connectivity index (χ2n) is 11.7. The third-order valence-corrected chi connectivity index (χ3v) is 9.64. The molecule has 1 aromatic carbocycles. The maximum absolute atomic E-state index is 16.0. The number of fused-ring (bicyclic) bond motifs is 1. The Labute approximate surface area is 241 Å². The van der Waals surface area contributed by atoms with Crippen molar-refractivity contribution in [3.63, 3.8) is 0 Å². The third kappa shape index (κ3) is 5.38. The van der Waals surface area contributed by atoms with Crippen LogP contribution in [-0.2, 0) is 37.2 Å². The number of benzene rings is 1. The van der Waals surface area contributed by atoms with Crippen LogP contribution in [0.2, 0.25) is 0 Å². The number of hydrogen-bond acceptors (Lipinski definition) is 6. The van der Waals surface area contributed by atoms with E-state index in [1.165, 1.54) is 19.2 Å². The van der Waals surface area contributed by atoms with Gasteiger partial charge in [-0.25, -0.2) is 27.1 Å². The van der Waals surface area contributed by atoms with Crippen LogP contribution in [0.15, 0.2) is 30.5 Å². The minimum Gasteiger partial charge on any atom is -0.453 e. The summed E-state index contributed by atoms with van der Waals surface area (Å²) < 4.78 is 64.5. The van der Waals surface area contributed by atoms with E-state index in [4.69, 9.17) is 14.2 Å². The van der Waals surface area contributed by atoms with Crippen molar-refractivity contribution in [2.24, 2.45) is 0 Å². The van der Waals surface area contributed by atoms with Crippen molar-refractivity contribution in [1.29, 1.82) is 0 Å². The van der Waals surface area contributed by atoms with Crippen molar-refractivity contribution in [2.45, 2.75) is 50.5 Å². The summed E-state index contributed by atoms with van der Waals surface area (Å²) in [6.07, 6.45) is 1.20. The summed E-state index contributed by atoms with van der Waals surface area (Å²) in [4.78, 5) is 18.3. The number of hydrogen-bond donors (Lipinski definition) is 0. The van der Waals surface area contributed by atoms with Crippen molar-refractivity contribution in [3.8, 4) is 11.3 Å². The van der Waals surface area contributed by atoms with E-state index in [0.717, 1.165) is 5.56 Å². The van der Waals surface area contributed by atoms with Gasteiger partial charge in [0.25, 0.3) is 0 Å². The minimum absolute atomic E-state index is 0.165. The molecular formula is C29H36F2N4O5S. The molecule has 3 aromatic rings. The molecule has 41 heavy (non-hydrogen) atoms. The van der Waals surface area contributed by atoms with Gasteiger partial charge in [0.2, 0.25) is 0 Å². The predicted octanol–water partition coefficient (Wildman–Crippen LogP) is 4.22. The predicted molar refractivity (Wildman–Crippen MR) is 151 cm³/mol. The summed E-state index contributed by atoms with van der Waals surface area (Å²) in [5, 5.41) is 0. The fraction of sp³-hybridized carbons (Fsp3) is 0.517. The number of nitrogens with zero attached hydrogens (tertiary/aromatic N) is 4.